The van der Waals surface area contributed by atoms with Crippen molar-refractivity contribution in [2.45, 2.75) is 42.4 Å². The van der Waals surface area contributed by atoms with E-state index in [1.807, 2.05) is 21.9 Å². The third kappa shape index (κ3) is 5.11. The lowest BCUT2D eigenvalue weighted by Crippen LogP contribution is -2.70. The number of amides is 1. The van der Waals surface area contributed by atoms with Crippen molar-refractivity contribution >= 4 is 44.3 Å². The number of piperidine rings is 1. The monoisotopic (exact) mass is 661 g/mol. The van der Waals surface area contributed by atoms with E-state index in [2.05, 4.69) is 41.0 Å². The van der Waals surface area contributed by atoms with Crippen molar-refractivity contribution < 1.29 is 17.9 Å². The summed E-state index contributed by atoms with van der Waals surface area (Å²) in [6, 6.07) is 26.0. The molecule has 0 bridgehead atoms. The van der Waals surface area contributed by atoms with Crippen molar-refractivity contribution in [3.8, 4) is 0 Å². The standard InChI is InChI=1S/C35H40ClN5O4S/c1-3-40-34(16-18-37(19-17-34)22-27-10-6-4-7-11-27)24-39-33(42)23-38(25-35(39,40)26-45-2)32-21-28-20-29(36)14-15-31(28)41(32)46(43,44)30-12-8-5-9-13-30/h4-15,20-21H,3,16-19,22-26H2,1-2H3. The predicted molar refractivity (Wildman–Crippen MR) is 181 cm³/mol. The SMILES string of the molecule is CCN1C2(CCN(Cc3ccccc3)CC2)CN2C(=O)CN(c3cc4cc(Cl)ccc4n3S(=O)(=O)c3ccccc3)CC21COC. The molecule has 3 saturated heterocycles. The number of nitrogens with zero attached hydrogens (tertiary/aromatic N) is 5. The molecule has 1 unspecified atom stereocenters. The highest BCUT2D eigenvalue weighted by Crippen LogP contribution is 2.47. The Balaban J connectivity index is 1.26. The first kappa shape index (κ1) is 31.2. The number of rotatable bonds is 8. The second-order valence-electron chi connectivity index (χ2n) is 12.8. The number of ether oxygens (including phenoxy) is 1. The van der Waals surface area contributed by atoms with Gasteiger partial charge in [-0.25, -0.2) is 12.4 Å². The molecule has 1 amide bonds. The second-order valence-corrected chi connectivity index (χ2v) is 15.0. The Kier molecular flexibility index (Phi) is 8.13. The molecule has 0 saturated carbocycles. The largest absolute Gasteiger partial charge is 0.381 e. The fourth-order valence-electron chi connectivity index (χ4n) is 8.15. The first-order valence-corrected chi connectivity index (χ1v) is 17.7. The summed E-state index contributed by atoms with van der Waals surface area (Å²) in [6.45, 7) is 7.09. The van der Waals surface area contributed by atoms with Gasteiger partial charge in [-0.3, -0.25) is 14.6 Å². The highest BCUT2D eigenvalue weighted by molar-refractivity contribution is 7.90. The van der Waals surface area contributed by atoms with Crippen molar-refractivity contribution in [3.05, 3.63) is 95.5 Å². The summed E-state index contributed by atoms with van der Waals surface area (Å²) in [6.07, 6.45) is 1.87. The van der Waals surface area contributed by atoms with Crippen molar-refractivity contribution in [1.82, 2.24) is 18.7 Å². The number of carbonyl (C=O) groups is 1. The number of carbonyl (C=O) groups excluding carboxylic acids is 1. The van der Waals surface area contributed by atoms with Crippen molar-refractivity contribution in [2.75, 3.05) is 57.9 Å². The summed E-state index contributed by atoms with van der Waals surface area (Å²) in [5, 5.41) is 1.21. The zero-order chi connectivity index (χ0) is 32.1. The maximum Gasteiger partial charge on any atom is 0.269 e. The molecule has 4 aromatic rings. The van der Waals surface area contributed by atoms with Crippen molar-refractivity contribution in [3.63, 3.8) is 0 Å². The molecule has 7 rings (SSSR count). The third-order valence-corrected chi connectivity index (χ3v) is 12.1. The molecule has 11 heteroatoms. The molecule has 3 aromatic carbocycles. The average Bonchev–Trinajstić information content (AvgIpc) is 3.57. The molecule has 1 aromatic heterocycles. The Morgan fingerprint density at radius 2 is 1.61 bits per heavy atom. The lowest BCUT2D eigenvalue weighted by molar-refractivity contribution is -0.146. The molecule has 3 aliphatic heterocycles. The summed E-state index contributed by atoms with van der Waals surface area (Å²) in [4.78, 5) is 23.4. The summed E-state index contributed by atoms with van der Waals surface area (Å²) in [5.41, 5.74) is 0.872. The lowest BCUT2D eigenvalue weighted by atomic mass is 9.85. The molecular formula is C35H40ClN5O4S. The van der Waals surface area contributed by atoms with Gasteiger partial charge in [0, 0.05) is 49.2 Å². The summed E-state index contributed by atoms with van der Waals surface area (Å²) in [5.74, 6) is 0.413. The van der Waals surface area contributed by atoms with Gasteiger partial charge in [0.15, 0.2) is 0 Å². The van der Waals surface area contributed by atoms with Crippen LogP contribution in [0.1, 0.15) is 25.3 Å². The summed E-state index contributed by atoms with van der Waals surface area (Å²) >= 11 is 6.37. The number of methoxy groups -OCH3 is 1. The van der Waals surface area contributed by atoms with Gasteiger partial charge in [0.1, 0.15) is 11.5 Å². The number of fused-ring (bicyclic) bond motifs is 2. The van der Waals surface area contributed by atoms with Crippen LogP contribution in [0.25, 0.3) is 10.9 Å². The van der Waals surface area contributed by atoms with Crippen LogP contribution in [0, 0.1) is 0 Å². The van der Waals surface area contributed by atoms with E-state index in [0.29, 0.717) is 41.4 Å². The molecule has 3 fully saturated rings. The number of hydrogen-bond donors (Lipinski definition) is 0. The number of benzene rings is 3. The normalized spacial score (nSPS) is 22.2. The summed E-state index contributed by atoms with van der Waals surface area (Å²) < 4.78 is 35.8. The van der Waals surface area contributed by atoms with Gasteiger partial charge in [-0.15, -0.1) is 0 Å². The first-order chi connectivity index (χ1) is 22.2. The highest BCUT2D eigenvalue weighted by atomic mass is 35.5. The number of halogens is 1. The average molecular weight is 662 g/mol. The fraction of sp³-hybridized carbons (Fsp3) is 0.400. The van der Waals surface area contributed by atoms with Gasteiger partial charge >= 0.3 is 0 Å². The summed E-state index contributed by atoms with van der Waals surface area (Å²) in [7, 11) is -2.33. The Morgan fingerprint density at radius 1 is 0.913 bits per heavy atom. The van der Waals surface area contributed by atoms with Crippen LogP contribution in [0.4, 0.5) is 5.82 Å². The molecular weight excluding hydrogens is 622 g/mol. The smallest absolute Gasteiger partial charge is 0.269 e. The van der Waals surface area contributed by atoms with Crippen LogP contribution >= 0.6 is 11.6 Å². The number of aromatic nitrogens is 1. The van der Waals surface area contributed by atoms with Crippen LogP contribution in [-0.4, -0.2) is 97.2 Å². The molecule has 0 N–H and O–H groups in total. The molecule has 9 nitrogen and oxygen atoms in total. The quantitative estimate of drug-likeness (QED) is 0.266. The predicted octanol–water partition coefficient (Wildman–Crippen LogP) is 4.89. The van der Waals surface area contributed by atoms with Crippen LogP contribution < -0.4 is 4.90 Å². The van der Waals surface area contributed by atoms with E-state index in [1.54, 1.807) is 55.6 Å². The van der Waals surface area contributed by atoms with E-state index >= 15 is 0 Å². The minimum absolute atomic E-state index is 0.0303. The van der Waals surface area contributed by atoms with E-state index in [0.717, 1.165) is 39.0 Å². The lowest BCUT2D eigenvalue weighted by Gasteiger charge is -2.52. The first-order valence-electron chi connectivity index (χ1n) is 15.9. The Hall–Kier alpha value is -3.41. The molecule has 1 spiro atoms. The molecule has 0 radical (unpaired) electrons. The highest BCUT2D eigenvalue weighted by Gasteiger charge is 2.63. The molecule has 1 atom stereocenters. The van der Waals surface area contributed by atoms with Crippen LogP contribution in [-0.2, 0) is 26.1 Å². The van der Waals surface area contributed by atoms with Crippen LogP contribution in [0.2, 0.25) is 5.02 Å². The van der Waals surface area contributed by atoms with Crippen molar-refractivity contribution in [1.29, 1.82) is 0 Å². The van der Waals surface area contributed by atoms with Gasteiger partial charge in [-0.05, 0) is 61.3 Å². The zero-order valence-electron chi connectivity index (χ0n) is 26.3. The van der Waals surface area contributed by atoms with Crippen LogP contribution in [0.3, 0.4) is 0 Å². The minimum Gasteiger partial charge on any atom is -0.381 e. The maximum absolute atomic E-state index is 14.3. The Labute approximate surface area is 275 Å². The Bertz CT molecular complexity index is 1840. The number of hydrogen-bond acceptors (Lipinski definition) is 7. The second kappa shape index (κ2) is 12.0. The number of likely N-dealkylation sites (tertiary alicyclic amines) is 1. The fourth-order valence-corrected chi connectivity index (χ4v) is 9.89. The van der Waals surface area contributed by atoms with Gasteiger partial charge in [0.05, 0.1) is 30.1 Å². The van der Waals surface area contributed by atoms with E-state index in [1.165, 1.54) is 9.54 Å². The number of likely N-dealkylation sites (N-methyl/N-ethyl adjacent to an activating group) is 1. The van der Waals surface area contributed by atoms with E-state index in [-0.39, 0.29) is 22.9 Å². The molecule has 4 heterocycles. The van der Waals surface area contributed by atoms with Crippen LogP contribution in [0.5, 0.6) is 0 Å². The van der Waals surface area contributed by atoms with Gasteiger partial charge < -0.3 is 14.5 Å². The zero-order valence-corrected chi connectivity index (χ0v) is 27.9. The van der Waals surface area contributed by atoms with Gasteiger partial charge in [-0.1, -0.05) is 67.1 Å². The van der Waals surface area contributed by atoms with E-state index in [4.69, 9.17) is 16.3 Å². The molecule has 46 heavy (non-hydrogen) atoms. The molecule has 242 valence electrons. The minimum atomic E-state index is -4.01. The van der Waals surface area contributed by atoms with Crippen LogP contribution in [0.15, 0.2) is 89.8 Å². The van der Waals surface area contributed by atoms with Gasteiger partial charge in [0.25, 0.3) is 10.0 Å². The van der Waals surface area contributed by atoms with E-state index in [9.17, 15) is 13.2 Å². The van der Waals surface area contributed by atoms with Gasteiger partial charge in [0.2, 0.25) is 5.91 Å². The third-order valence-electron chi connectivity index (χ3n) is 10.1. The topological polar surface area (TPSA) is 78.3 Å². The number of piperazine rings is 1. The maximum atomic E-state index is 14.3. The van der Waals surface area contributed by atoms with E-state index < -0.39 is 15.7 Å². The Morgan fingerprint density at radius 3 is 2.28 bits per heavy atom. The van der Waals surface area contributed by atoms with Gasteiger partial charge in [-0.2, -0.15) is 0 Å². The molecule has 3 aliphatic rings. The number of anilines is 1. The van der Waals surface area contributed by atoms with Crippen molar-refractivity contribution in [2.24, 2.45) is 0 Å². The molecule has 0 aliphatic carbocycles.